The van der Waals surface area contributed by atoms with Crippen molar-refractivity contribution in [1.82, 2.24) is 0 Å². The van der Waals surface area contributed by atoms with Gasteiger partial charge < -0.3 is 12.4 Å². The van der Waals surface area contributed by atoms with E-state index in [1.807, 2.05) is 0 Å². The molecule has 0 aromatic heterocycles. The molecule has 3 aromatic rings. The second-order valence-corrected chi connectivity index (χ2v) is 6.56. The molecule has 0 spiro atoms. The average molecular weight is 462 g/mol. The van der Waals surface area contributed by atoms with Crippen LogP contribution in [0.25, 0.3) is 0 Å². The first-order valence-electron chi connectivity index (χ1n) is 7.22. The topological polar surface area (TPSA) is 79.6 Å². The van der Waals surface area contributed by atoms with Gasteiger partial charge in [0.15, 0.2) is 0 Å². The Balaban J connectivity index is -0.000000281. The summed E-state index contributed by atoms with van der Waals surface area (Å²) in [6.45, 7) is 18.0. The Hall–Kier alpha value is -2.13. The van der Waals surface area contributed by atoms with Gasteiger partial charge in [0.05, 0.1) is 0 Å². The van der Waals surface area contributed by atoms with Crippen molar-refractivity contribution in [2.24, 2.45) is 0 Å². The summed E-state index contributed by atoms with van der Waals surface area (Å²) in [4.78, 5) is 0. The van der Waals surface area contributed by atoms with Crippen molar-refractivity contribution in [3.05, 3.63) is 118 Å². The van der Waals surface area contributed by atoms with Crippen LogP contribution in [0.3, 0.4) is 0 Å². The minimum Gasteiger partial charge on any atom is -1.00 e. The molecule has 0 saturated heterocycles. The van der Waals surface area contributed by atoms with E-state index < -0.39 is 7.92 Å². The number of benzene rings is 3. The Kier molecular flexibility index (Phi) is 30.7. The molecule has 0 bridgehead atoms. The van der Waals surface area contributed by atoms with Gasteiger partial charge in [-0.3, -0.25) is 0 Å². The van der Waals surface area contributed by atoms with Crippen LogP contribution in [-0.4, -0.2) is 0 Å². The van der Waals surface area contributed by atoms with E-state index in [1.165, 1.54) is 15.9 Å². The third-order valence-corrected chi connectivity index (χ3v) is 5.49. The summed E-state index contributed by atoms with van der Waals surface area (Å²) in [7, 11) is -0.446. The molecule has 3 aromatic carbocycles. The van der Waals surface area contributed by atoms with Gasteiger partial charge >= 0.3 is 45.2 Å². The van der Waals surface area contributed by atoms with E-state index >= 15 is 0 Å². The summed E-state index contributed by atoms with van der Waals surface area (Å²) in [5.41, 5.74) is 0. The van der Waals surface area contributed by atoms with Crippen LogP contribution in [0.15, 0.2) is 91.0 Å². The molecular weight excluding hydrogens is 447 g/mol. The molecule has 0 amide bonds. The van der Waals surface area contributed by atoms with Crippen LogP contribution in [0, 0.1) is 26.6 Å². The largest absolute Gasteiger partial charge is 1.00 e. The van der Waals surface area contributed by atoms with E-state index in [4.69, 9.17) is 18.6 Å². The van der Waals surface area contributed by atoms with E-state index in [1.54, 1.807) is 0 Å². The van der Waals surface area contributed by atoms with Crippen LogP contribution in [0.4, 0.5) is 0 Å². The molecule has 3 rings (SSSR count). The molecule has 146 valence electrons. The fourth-order valence-electron chi connectivity index (χ4n) is 2.18. The van der Waals surface area contributed by atoms with Crippen molar-refractivity contribution in [3.63, 3.8) is 0 Å². The van der Waals surface area contributed by atoms with Gasteiger partial charge in [0.25, 0.3) is 0 Å². The Morgan fingerprint density at radius 1 is 0.414 bits per heavy atom. The molecule has 0 unspecified atom stereocenters. The van der Waals surface area contributed by atoms with Crippen molar-refractivity contribution in [2.75, 3.05) is 0 Å². The van der Waals surface area contributed by atoms with E-state index in [-0.39, 0.29) is 29.8 Å². The maximum atomic E-state index is 7.50. The molecule has 29 heavy (non-hydrogen) atoms. The molecule has 0 N–H and O–H groups in total. The third kappa shape index (κ3) is 12.9. The third-order valence-electron chi connectivity index (χ3n) is 3.04. The quantitative estimate of drug-likeness (QED) is 0.305. The molecule has 0 heterocycles. The zero-order chi connectivity index (χ0) is 20.9. The summed E-state index contributed by atoms with van der Waals surface area (Å²) < 4.78 is 30.0. The summed E-state index contributed by atoms with van der Waals surface area (Å²) in [6.07, 6.45) is 0. The molecule has 0 aliphatic heterocycles. The smallest absolute Gasteiger partial charge is 0 e. The van der Waals surface area contributed by atoms with Crippen LogP contribution in [-0.2, 0) is 36.0 Å². The predicted octanol–water partition coefficient (Wildman–Crippen LogP) is 0.296. The van der Waals surface area contributed by atoms with E-state index in [9.17, 15) is 0 Å². The Bertz CT molecular complexity index is 689. The van der Waals surface area contributed by atoms with Crippen LogP contribution in [0.1, 0.15) is 0 Å². The van der Waals surface area contributed by atoms with Crippen molar-refractivity contribution in [3.8, 4) is 0 Å². The van der Waals surface area contributed by atoms with Gasteiger partial charge in [-0.05, 0) is 23.8 Å². The molecule has 4 nitrogen and oxygen atoms in total. The molecule has 0 radical (unpaired) electrons. The van der Waals surface area contributed by atoms with Gasteiger partial charge in [0.2, 0.25) is 0 Å². The summed E-state index contributed by atoms with van der Waals surface area (Å²) in [6, 6.07) is 32.3. The van der Waals surface area contributed by atoms with Crippen molar-refractivity contribution in [1.29, 1.82) is 0 Å². The van der Waals surface area contributed by atoms with Crippen LogP contribution in [0.2, 0.25) is 0 Å². The summed E-state index contributed by atoms with van der Waals surface area (Å²) >= 11 is 0. The molecule has 0 fully saturated rings. The maximum Gasteiger partial charge on any atom is 0 e. The minimum absolute atomic E-state index is 0. The second kappa shape index (κ2) is 25.9. The number of hydrogen-bond acceptors (Lipinski definition) is 0. The molecule has 7 heteroatoms. The maximum absolute atomic E-state index is 7.50. The zero-order valence-electron chi connectivity index (χ0n) is 15.0. The van der Waals surface area contributed by atoms with E-state index in [2.05, 4.69) is 118 Å². The van der Waals surface area contributed by atoms with E-state index in [0.29, 0.717) is 0 Å². The van der Waals surface area contributed by atoms with Crippen LogP contribution < -0.4 is 28.3 Å². The summed E-state index contributed by atoms with van der Waals surface area (Å²) in [5.74, 6) is 0. The van der Waals surface area contributed by atoms with Crippen LogP contribution >= 0.6 is 7.92 Å². The number of rotatable bonds is 3. The summed E-state index contributed by atoms with van der Waals surface area (Å²) in [5, 5.41) is 4.19. The SMILES string of the molecule is [C-]#[O+].[C-]#[O+].[C-]#[O+].[C-]#[O+].[Cl-].[Cr].c1ccc(P(c2ccccc2)c2ccccc2)cc1. The minimum atomic E-state index is -0.446. The second-order valence-electron chi connectivity index (χ2n) is 4.34. The monoisotopic (exact) mass is 461 g/mol. The first-order chi connectivity index (χ1) is 13.4. The van der Waals surface area contributed by atoms with Crippen molar-refractivity contribution < 1.29 is 48.4 Å². The number of hydrogen-bond donors (Lipinski definition) is 0. The standard InChI is InChI=1S/C18H15P.4CO.ClH.Cr/c1-4-10-16(11-5-1)19(17-12-6-2-7-13-17)18-14-8-3-9-15-18;4*1-2;;/h1-15H;;;;;1H;/p-1. The van der Waals surface area contributed by atoms with Gasteiger partial charge in [0, 0.05) is 17.4 Å². The molecular formula is C22H15ClCrO4P-. The van der Waals surface area contributed by atoms with Gasteiger partial charge in [0.1, 0.15) is 0 Å². The first kappa shape index (κ1) is 34.4. The molecule has 0 atom stereocenters. The zero-order valence-corrected chi connectivity index (χ0v) is 18.0. The fraction of sp³-hybridized carbons (Fsp3) is 0. The van der Waals surface area contributed by atoms with E-state index in [0.717, 1.165) is 0 Å². The fourth-order valence-corrected chi connectivity index (χ4v) is 4.48. The first-order valence-corrected chi connectivity index (χ1v) is 8.56. The van der Waals surface area contributed by atoms with Crippen LogP contribution in [0.5, 0.6) is 0 Å². The van der Waals surface area contributed by atoms with Gasteiger partial charge in [-0.1, -0.05) is 91.0 Å². The normalized spacial score (nSPS) is 7.21. The van der Waals surface area contributed by atoms with Gasteiger partial charge in [-0.2, -0.15) is 0 Å². The molecule has 0 saturated carbocycles. The van der Waals surface area contributed by atoms with Crippen molar-refractivity contribution in [2.45, 2.75) is 0 Å². The van der Waals surface area contributed by atoms with Gasteiger partial charge in [-0.15, -0.1) is 0 Å². The Labute approximate surface area is 189 Å². The van der Waals surface area contributed by atoms with Gasteiger partial charge in [-0.25, -0.2) is 0 Å². The molecule has 0 aliphatic rings. The molecule has 0 aliphatic carbocycles. The number of halogens is 1. The Morgan fingerprint density at radius 2 is 0.586 bits per heavy atom. The predicted molar refractivity (Wildman–Crippen MR) is 101 cm³/mol. The average Bonchev–Trinajstić information content (AvgIpc) is 2.82. The van der Waals surface area contributed by atoms with Crippen molar-refractivity contribution >= 4 is 23.8 Å². The Morgan fingerprint density at radius 3 is 0.759 bits per heavy atom.